The molecule has 0 aliphatic carbocycles. The van der Waals surface area contributed by atoms with Crippen molar-refractivity contribution in [2.75, 3.05) is 18.8 Å². The summed E-state index contributed by atoms with van der Waals surface area (Å²) in [6.07, 6.45) is 6.03. The molecule has 0 aromatic carbocycles. The van der Waals surface area contributed by atoms with Crippen molar-refractivity contribution in [2.24, 2.45) is 0 Å². The number of hydrogen-bond acceptors (Lipinski definition) is 4. The molecule has 22 heavy (non-hydrogen) atoms. The number of amides is 1. The molecule has 0 spiro atoms. The Bertz CT molecular complexity index is 548. The fourth-order valence-electron chi connectivity index (χ4n) is 2.53. The molecular formula is C15H24N2O4S. The zero-order valence-electron chi connectivity index (χ0n) is 12.8. The molecule has 0 unspecified atom stereocenters. The molecule has 1 aliphatic rings. The number of sulfonamides is 1. The van der Waals surface area contributed by atoms with Crippen molar-refractivity contribution >= 4 is 15.9 Å². The number of piperidine rings is 1. The van der Waals surface area contributed by atoms with Gasteiger partial charge in [0.25, 0.3) is 0 Å². The minimum absolute atomic E-state index is 0.0771. The van der Waals surface area contributed by atoms with E-state index in [4.69, 9.17) is 4.42 Å². The van der Waals surface area contributed by atoms with E-state index in [2.05, 4.69) is 5.32 Å². The number of carbonyl (C=O) groups excluding carboxylic acids is 1. The maximum Gasteiger partial charge on any atom is 0.220 e. The number of furan rings is 1. The number of nitrogens with zero attached hydrogens (tertiary/aromatic N) is 1. The fourth-order valence-corrected chi connectivity index (χ4v) is 4.17. The summed E-state index contributed by atoms with van der Waals surface area (Å²) in [5, 5.41) is 2.75. The van der Waals surface area contributed by atoms with Crippen molar-refractivity contribution in [3.05, 3.63) is 24.2 Å². The molecular weight excluding hydrogens is 304 g/mol. The van der Waals surface area contributed by atoms with Gasteiger partial charge >= 0.3 is 0 Å². The SMILES string of the molecule is O=C(CCCCS(=O)(=O)N1CCCCC1)NCc1ccco1. The van der Waals surface area contributed by atoms with Crippen LogP contribution in [0.2, 0.25) is 0 Å². The highest BCUT2D eigenvalue weighted by Crippen LogP contribution is 2.14. The first-order valence-electron chi connectivity index (χ1n) is 7.85. The number of hydrogen-bond donors (Lipinski definition) is 1. The van der Waals surface area contributed by atoms with E-state index in [-0.39, 0.29) is 11.7 Å². The Morgan fingerprint density at radius 1 is 1.23 bits per heavy atom. The standard InChI is InChI=1S/C15H24N2O4S/c18-15(16-13-14-7-6-11-21-14)8-2-5-12-22(19,20)17-9-3-1-4-10-17/h6-7,11H,1-5,8-10,12-13H2,(H,16,18). The summed E-state index contributed by atoms with van der Waals surface area (Å²) in [5.74, 6) is 0.770. The Labute approximate surface area is 131 Å². The maximum absolute atomic E-state index is 12.1. The second kappa shape index (κ2) is 8.33. The first kappa shape index (κ1) is 17.0. The van der Waals surface area contributed by atoms with Gasteiger partial charge < -0.3 is 9.73 Å². The molecule has 1 aromatic rings. The third-order valence-electron chi connectivity index (χ3n) is 3.80. The van der Waals surface area contributed by atoms with E-state index in [0.29, 0.717) is 44.7 Å². The normalized spacial score (nSPS) is 16.5. The number of unbranched alkanes of at least 4 members (excludes halogenated alkanes) is 1. The minimum atomic E-state index is -3.14. The van der Waals surface area contributed by atoms with E-state index >= 15 is 0 Å². The van der Waals surface area contributed by atoms with Crippen LogP contribution in [0.4, 0.5) is 0 Å². The second-order valence-corrected chi connectivity index (χ2v) is 7.68. The summed E-state index contributed by atoms with van der Waals surface area (Å²) in [7, 11) is -3.14. The highest BCUT2D eigenvalue weighted by molar-refractivity contribution is 7.89. The van der Waals surface area contributed by atoms with Crippen molar-refractivity contribution in [1.29, 1.82) is 0 Å². The van der Waals surface area contributed by atoms with Gasteiger partial charge in [0.2, 0.25) is 15.9 Å². The minimum Gasteiger partial charge on any atom is -0.467 e. The average Bonchev–Trinajstić information content (AvgIpc) is 3.04. The molecule has 0 bridgehead atoms. The number of carbonyl (C=O) groups is 1. The van der Waals surface area contributed by atoms with E-state index in [9.17, 15) is 13.2 Å². The lowest BCUT2D eigenvalue weighted by atomic mass is 10.2. The molecule has 1 aliphatic heterocycles. The first-order valence-corrected chi connectivity index (χ1v) is 9.46. The molecule has 1 N–H and O–H groups in total. The van der Waals surface area contributed by atoms with Gasteiger partial charge in [0.1, 0.15) is 5.76 Å². The molecule has 0 atom stereocenters. The van der Waals surface area contributed by atoms with Crippen LogP contribution < -0.4 is 5.32 Å². The predicted octanol–water partition coefficient (Wildman–Crippen LogP) is 1.88. The number of rotatable bonds is 8. The van der Waals surface area contributed by atoms with Crippen LogP contribution in [-0.2, 0) is 21.4 Å². The van der Waals surface area contributed by atoms with Crippen LogP contribution in [0.1, 0.15) is 44.3 Å². The van der Waals surface area contributed by atoms with Crippen LogP contribution >= 0.6 is 0 Å². The quantitative estimate of drug-likeness (QED) is 0.739. The molecule has 7 heteroatoms. The highest BCUT2D eigenvalue weighted by Gasteiger charge is 2.23. The average molecular weight is 328 g/mol. The van der Waals surface area contributed by atoms with Crippen LogP contribution in [0.5, 0.6) is 0 Å². The molecule has 124 valence electrons. The molecule has 2 rings (SSSR count). The fraction of sp³-hybridized carbons (Fsp3) is 0.667. The van der Waals surface area contributed by atoms with Gasteiger partial charge in [-0.25, -0.2) is 12.7 Å². The van der Waals surface area contributed by atoms with E-state index in [0.717, 1.165) is 19.3 Å². The van der Waals surface area contributed by atoms with Gasteiger partial charge in [0.05, 0.1) is 18.6 Å². The lowest BCUT2D eigenvalue weighted by molar-refractivity contribution is -0.121. The van der Waals surface area contributed by atoms with E-state index in [1.165, 1.54) is 0 Å². The van der Waals surface area contributed by atoms with Gasteiger partial charge in [-0.15, -0.1) is 0 Å². The zero-order valence-corrected chi connectivity index (χ0v) is 13.6. The Morgan fingerprint density at radius 3 is 2.68 bits per heavy atom. The monoisotopic (exact) mass is 328 g/mol. The predicted molar refractivity (Wildman–Crippen MR) is 83.6 cm³/mol. The van der Waals surface area contributed by atoms with Gasteiger partial charge in [0.15, 0.2) is 0 Å². The van der Waals surface area contributed by atoms with Gasteiger partial charge in [-0.1, -0.05) is 6.42 Å². The summed E-state index contributed by atoms with van der Waals surface area (Å²) < 4.78 is 31.0. The Kier molecular flexibility index (Phi) is 6.45. The summed E-state index contributed by atoms with van der Waals surface area (Å²) in [4.78, 5) is 11.7. The topological polar surface area (TPSA) is 79.6 Å². The van der Waals surface area contributed by atoms with Gasteiger partial charge in [-0.2, -0.15) is 0 Å². The van der Waals surface area contributed by atoms with Gasteiger partial charge in [-0.05, 0) is 37.8 Å². The van der Waals surface area contributed by atoms with Crippen LogP contribution in [0.3, 0.4) is 0 Å². The third kappa shape index (κ3) is 5.46. The van der Waals surface area contributed by atoms with Crippen molar-refractivity contribution in [1.82, 2.24) is 9.62 Å². The van der Waals surface area contributed by atoms with Crippen LogP contribution in [-0.4, -0.2) is 37.5 Å². The molecule has 6 nitrogen and oxygen atoms in total. The maximum atomic E-state index is 12.1. The van der Waals surface area contributed by atoms with Crippen molar-refractivity contribution in [3.63, 3.8) is 0 Å². The zero-order chi connectivity index (χ0) is 15.8. The molecule has 1 aromatic heterocycles. The Morgan fingerprint density at radius 2 is 2.00 bits per heavy atom. The molecule has 1 saturated heterocycles. The smallest absolute Gasteiger partial charge is 0.220 e. The summed E-state index contributed by atoms with van der Waals surface area (Å²) in [6.45, 7) is 1.66. The third-order valence-corrected chi connectivity index (χ3v) is 5.76. The van der Waals surface area contributed by atoms with Crippen molar-refractivity contribution < 1.29 is 17.6 Å². The number of nitrogens with one attached hydrogen (secondary N) is 1. The summed E-state index contributed by atoms with van der Waals surface area (Å²) in [5.41, 5.74) is 0. The van der Waals surface area contributed by atoms with E-state index in [1.807, 2.05) is 0 Å². The van der Waals surface area contributed by atoms with Gasteiger partial charge in [-0.3, -0.25) is 4.79 Å². The largest absolute Gasteiger partial charge is 0.467 e. The highest BCUT2D eigenvalue weighted by atomic mass is 32.2. The molecule has 0 saturated carbocycles. The lowest BCUT2D eigenvalue weighted by Gasteiger charge is -2.25. The summed E-state index contributed by atoms with van der Waals surface area (Å²) in [6, 6.07) is 3.57. The first-order chi connectivity index (χ1) is 10.6. The molecule has 0 radical (unpaired) electrons. The molecule has 2 heterocycles. The Balaban J connectivity index is 1.60. The van der Waals surface area contributed by atoms with Crippen LogP contribution in [0, 0.1) is 0 Å². The van der Waals surface area contributed by atoms with E-state index in [1.54, 1.807) is 22.7 Å². The van der Waals surface area contributed by atoms with Crippen molar-refractivity contribution in [3.8, 4) is 0 Å². The summed E-state index contributed by atoms with van der Waals surface area (Å²) >= 11 is 0. The Hall–Kier alpha value is -1.34. The van der Waals surface area contributed by atoms with Crippen molar-refractivity contribution in [2.45, 2.75) is 45.1 Å². The second-order valence-electron chi connectivity index (χ2n) is 5.59. The van der Waals surface area contributed by atoms with Crippen LogP contribution in [0.25, 0.3) is 0 Å². The van der Waals surface area contributed by atoms with E-state index < -0.39 is 10.0 Å². The lowest BCUT2D eigenvalue weighted by Crippen LogP contribution is -2.37. The molecule has 1 fully saturated rings. The van der Waals surface area contributed by atoms with Crippen LogP contribution in [0.15, 0.2) is 22.8 Å². The molecule has 1 amide bonds. The van der Waals surface area contributed by atoms with Gasteiger partial charge in [0, 0.05) is 19.5 Å².